The lowest BCUT2D eigenvalue weighted by Crippen LogP contribution is -2.34. The third-order valence-electron chi connectivity index (χ3n) is 7.28. The van der Waals surface area contributed by atoms with Gasteiger partial charge in [-0.2, -0.15) is 0 Å². The molecule has 3 rings (SSSR count). The second-order valence-corrected chi connectivity index (χ2v) is 11.3. The molecule has 1 aliphatic heterocycles. The van der Waals surface area contributed by atoms with Gasteiger partial charge in [-0.25, -0.2) is 4.39 Å². The van der Waals surface area contributed by atoms with E-state index in [-0.39, 0.29) is 16.7 Å². The number of hydrogen-bond acceptors (Lipinski definition) is 4. The lowest BCUT2D eigenvalue weighted by Gasteiger charge is -2.28. The van der Waals surface area contributed by atoms with Gasteiger partial charge < -0.3 is 14.9 Å². The van der Waals surface area contributed by atoms with Gasteiger partial charge in [-0.05, 0) is 79.7 Å². The number of likely N-dealkylation sites (tertiary alicyclic amines) is 1. The van der Waals surface area contributed by atoms with Crippen LogP contribution in [0.3, 0.4) is 0 Å². The van der Waals surface area contributed by atoms with E-state index >= 15 is 0 Å². The van der Waals surface area contributed by atoms with Crippen LogP contribution in [0.1, 0.15) is 89.5 Å². The van der Waals surface area contributed by atoms with Crippen molar-refractivity contribution in [2.24, 2.45) is 0 Å². The van der Waals surface area contributed by atoms with Crippen molar-refractivity contribution in [1.29, 1.82) is 0 Å². The van der Waals surface area contributed by atoms with Crippen molar-refractivity contribution in [3.8, 4) is 0 Å². The number of unbranched alkanes of at least 4 members (excludes halogenated alkanes) is 2. The normalized spacial score (nSPS) is 17.6. The molecule has 1 amide bonds. The zero-order valence-electron chi connectivity index (χ0n) is 23.6. The second kappa shape index (κ2) is 13.2. The lowest BCUT2D eigenvalue weighted by molar-refractivity contribution is -0.140. The minimum absolute atomic E-state index is 0.0467. The Hall–Kier alpha value is -2.99. The Kier molecular flexibility index (Phi) is 10.3. The van der Waals surface area contributed by atoms with Gasteiger partial charge in [0.05, 0.1) is 11.6 Å². The molecule has 1 atom stereocenters. The minimum Gasteiger partial charge on any atom is -0.507 e. The summed E-state index contributed by atoms with van der Waals surface area (Å²) in [5, 5.41) is 11.2. The highest BCUT2D eigenvalue weighted by atomic mass is 19.1. The first kappa shape index (κ1) is 29.6. The Balaban J connectivity index is 1.95. The summed E-state index contributed by atoms with van der Waals surface area (Å²) in [5.74, 6) is -2.02. The highest BCUT2D eigenvalue weighted by Crippen LogP contribution is 2.40. The number of ketones is 1. The average molecular weight is 523 g/mol. The second-order valence-electron chi connectivity index (χ2n) is 11.3. The van der Waals surface area contributed by atoms with Crippen LogP contribution < -0.4 is 0 Å². The number of benzene rings is 2. The van der Waals surface area contributed by atoms with Crippen LogP contribution >= 0.6 is 0 Å². The molecule has 0 aliphatic carbocycles. The lowest BCUT2D eigenvalue weighted by atomic mass is 9.85. The summed E-state index contributed by atoms with van der Waals surface area (Å²) in [6, 6.07) is 12.5. The fourth-order valence-electron chi connectivity index (χ4n) is 4.95. The summed E-state index contributed by atoms with van der Waals surface area (Å²) in [5.41, 5.74) is 2.23. The van der Waals surface area contributed by atoms with Crippen LogP contribution in [0.15, 0.2) is 54.1 Å². The average Bonchev–Trinajstić information content (AvgIpc) is 3.14. The standard InChI is InChI=1S/C32H43FN2O3/c1-6-8-19-34(20-9-7-2)21-10-22-35-28(23-11-15-25(16-12-23)32(3,4)5)27(30(37)31(35)38)29(36)24-13-17-26(33)18-14-24/h11-18,28,36H,6-10,19-22H2,1-5H3/t28-/m1/s1. The van der Waals surface area contributed by atoms with Gasteiger partial charge in [0.25, 0.3) is 11.7 Å². The molecule has 0 unspecified atom stereocenters. The number of hydrogen-bond donors (Lipinski definition) is 1. The molecule has 2 aromatic carbocycles. The van der Waals surface area contributed by atoms with Crippen molar-refractivity contribution in [2.75, 3.05) is 26.2 Å². The number of carbonyl (C=O) groups is 2. The zero-order chi connectivity index (χ0) is 27.9. The van der Waals surface area contributed by atoms with Crippen LogP contribution in [0.2, 0.25) is 0 Å². The minimum atomic E-state index is -0.703. The van der Waals surface area contributed by atoms with Crippen molar-refractivity contribution >= 4 is 17.4 Å². The van der Waals surface area contributed by atoms with E-state index < -0.39 is 23.5 Å². The topological polar surface area (TPSA) is 60.9 Å². The number of carbonyl (C=O) groups excluding carboxylic acids is 2. The maximum absolute atomic E-state index is 13.5. The molecular weight excluding hydrogens is 479 g/mol. The molecular formula is C32H43FN2O3. The van der Waals surface area contributed by atoms with Crippen molar-refractivity contribution in [2.45, 2.75) is 78.2 Å². The Labute approximate surface area is 227 Å². The van der Waals surface area contributed by atoms with Gasteiger partial charge in [0.2, 0.25) is 0 Å². The molecule has 6 heteroatoms. The van der Waals surface area contributed by atoms with E-state index in [1.807, 2.05) is 24.3 Å². The van der Waals surface area contributed by atoms with Crippen LogP contribution in [-0.2, 0) is 15.0 Å². The molecule has 1 heterocycles. The quantitative estimate of drug-likeness (QED) is 0.188. The first-order valence-corrected chi connectivity index (χ1v) is 14.0. The van der Waals surface area contributed by atoms with Gasteiger partial charge in [-0.15, -0.1) is 0 Å². The van der Waals surface area contributed by atoms with E-state index in [1.54, 1.807) is 4.90 Å². The van der Waals surface area contributed by atoms with Crippen LogP contribution in [0.25, 0.3) is 5.76 Å². The maximum atomic E-state index is 13.5. The molecule has 1 aliphatic rings. The van der Waals surface area contributed by atoms with Gasteiger partial charge in [0.15, 0.2) is 0 Å². The number of aliphatic hydroxyl groups excluding tert-OH is 1. The summed E-state index contributed by atoms with van der Waals surface area (Å²) in [7, 11) is 0. The van der Waals surface area contributed by atoms with Crippen molar-refractivity contribution in [3.05, 3.63) is 76.6 Å². The Morgan fingerprint density at radius 1 is 0.895 bits per heavy atom. The van der Waals surface area contributed by atoms with E-state index in [9.17, 15) is 19.1 Å². The highest BCUT2D eigenvalue weighted by Gasteiger charge is 2.45. The van der Waals surface area contributed by atoms with Gasteiger partial charge >= 0.3 is 0 Å². The molecule has 5 nitrogen and oxygen atoms in total. The van der Waals surface area contributed by atoms with Gasteiger partial charge in [0, 0.05) is 12.1 Å². The van der Waals surface area contributed by atoms with Crippen LogP contribution in [0.5, 0.6) is 0 Å². The number of aliphatic hydroxyl groups is 1. The van der Waals surface area contributed by atoms with Crippen LogP contribution in [0.4, 0.5) is 4.39 Å². The Bertz CT molecular complexity index is 1110. The number of nitrogens with zero attached hydrogens (tertiary/aromatic N) is 2. The molecule has 1 N–H and O–H groups in total. The Morgan fingerprint density at radius 2 is 1.45 bits per heavy atom. The van der Waals surface area contributed by atoms with E-state index in [1.165, 1.54) is 24.3 Å². The summed E-state index contributed by atoms with van der Waals surface area (Å²) in [6.07, 6.45) is 5.25. The van der Waals surface area contributed by atoms with E-state index in [0.29, 0.717) is 12.1 Å². The van der Waals surface area contributed by atoms with Crippen LogP contribution in [-0.4, -0.2) is 52.8 Å². The molecule has 1 saturated heterocycles. The molecule has 0 spiro atoms. The fourth-order valence-corrected chi connectivity index (χ4v) is 4.95. The van der Waals surface area contributed by atoms with Gasteiger partial charge in [-0.3, -0.25) is 9.59 Å². The predicted molar refractivity (Wildman–Crippen MR) is 151 cm³/mol. The third kappa shape index (κ3) is 7.10. The highest BCUT2D eigenvalue weighted by molar-refractivity contribution is 6.46. The summed E-state index contributed by atoms with van der Waals surface area (Å²) >= 11 is 0. The first-order chi connectivity index (χ1) is 18.1. The van der Waals surface area contributed by atoms with Crippen molar-refractivity contribution in [3.63, 3.8) is 0 Å². The molecule has 1 fully saturated rings. The fraction of sp³-hybridized carbons (Fsp3) is 0.500. The SMILES string of the molecule is CCCCN(CCCC)CCCN1C(=O)C(=O)C(=C(O)c2ccc(F)cc2)[C@H]1c1ccc(C(C)(C)C)cc1. The number of Topliss-reactive ketones (excluding diaryl/α,β-unsaturated/α-hetero) is 1. The third-order valence-corrected chi connectivity index (χ3v) is 7.28. The number of halogens is 1. The summed E-state index contributed by atoms with van der Waals surface area (Å²) in [4.78, 5) is 30.6. The predicted octanol–water partition coefficient (Wildman–Crippen LogP) is 6.84. The molecule has 38 heavy (non-hydrogen) atoms. The Morgan fingerprint density at radius 3 is 1.97 bits per heavy atom. The van der Waals surface area contributed by atoms with Crippen molar-refractivity contribution < 1.29 is 19.1 Å². The monoisotopic (exact) mass is 522 g/mol. The molecule has 0 saturated carbocycles. The smallest absolute Gasteiger partial charge is 0.295 e. The zero-order valence-corrected chi connectivity index (χ0v) is 23.6. The molecule has 0 radical (unpaired) electrons. The molecule has 0 aromatic heterocycles. The van der Waals surface area contributed by atoms with E-state index in [4.69, 9.17) is 0 Å². The molecule has 2 aromatic rings. The number of amides is 1. The summed E-state index contributed by atoms with van der Waals surface area (Å²) in [6.45, 7) is 14.1. The van der Waals surface area contributed by atoms with Crippen molar-refractivity contribution in [1.82, 2.24) is 9.80 Å². The van der Waals surface area contributed by atoms with E-state index in [0.717, 1.165) is 62.9 Å². The first-order valence-electron chi connectivity index (χ1n) is 14.0. The largest absolute Gasteiger partial charge is 0.507 e. The summed E-state index contributed by atoms with van der Waals surface area (Å²) < 4.78 is 13.5. The van der Waals surface area contributed by atoms with Crippen LogP contribution in [0, 0.1) is 5.82 Å². The van der Waals surface area contributed by atoms with E-state index in [2.05, 4.69) is 39.5 Å². The number of rotatable bonds is 12. The van der Waals surface area contributed by atoms with Gasteiger partial charge in [-0.1, -0.05) is 71.7 Å². The maximum Gasteiger partial charge on any atom is 0.295 e. The molecule has 0 bridgehead atoms. The van der Waals surface area contributed by atoms with Gasteiger partial charge in [0.1, 0.15) is 11.6 Å². The molecule has 206 valence electrons.